The van der Waals surface area contributed by atoms with Crippen molar-refractivity contribution in [3.63, 3.8) is 0 Å². The van der Waals surface area contributed by atoms with Crippen molar-refractivity contribution in [3.8, 4) is 0 Å². The first-order valence-corrected chi connectivity index (χ1v) is 8.17. The quantitative estimate of drug-likeness (QED) is 0.771. The Kier molecular flexibility index (Phi) is 6.28. The standard InChI is InChI=1S/C19H17ClF3N3O/c1-26(2)18(27)13-9-7-12(8-10-13)16(11-17(24)19(21,22)23)25-15-6-4-3-5-14(15)20/h3-11H,24H2,1-2H3/b17-11-,25-16?. The number of hydrogen-bond donors (Lipinski definition) is 1. The molecule has 0 saturated carbocycles. The summed E-state index contributed by atoms with van der Waals surface area (Å²) in [6.45, 7) is 0. The van der Waals surface area contributed by atoms with Gasteiger partial charge in [0, 0.05) is 25.2 Å². The third kappa shape index (κ3) is 5.34. The highest BCUT2D eigenvalue weighted by Gasteiger charge is 2.31. The van der Waals surface area contributed by atoms with E-state index in [1.54, 1.807) is 38.4 Å². The fraction of sp³-hybridized carbons (Fsp3) is 0.158. The van der Waals surface area contributed by atoms with Gasteiger partial charge in [-0.3, -0.25) is 4.79 Å². The largest absolute Gasteiger partial charge is 0.430 e. The zero-order valence-electron chi connectivity index (χ0n) is 14.6. The summed E-state index contributed by atoms with van der Waals surface area (Å²) in [7, 11) is 3.21. The minimum Gasteiger partial charge on any atom is -0.395 e. The number of hydrogen-bond acceptors (Lipinski definition) is 3. The third-order valence-corrected chi connectivity index (χ3v) is 3.87. The minimum absolute atomic E-state index is 0.0261. The lowest BCUT2D eigenvalue weighted by atomic mass is 10.1. The fourth-order valence-corrected chi connectivity index (χ4v) is 2.30. The molecular formula is C19H17ClF3N3O. The Morgan fingerprint density at radius 3 is 2.15 bits per heavy atom. The van der Waals surface area contributed by atoms with E-state index in [0.29, 0.717) is 16.8 Å². The molecule has 2 rings (SSSR count). The maximum absolute atomic E-state index is 12.9. The maximum atomic E-state index is 12.9. The number of aliphatic imine (C=N–C) groups is 1. The third-order valence-electron chi connectivity index (χ3n) is 3.55. The van der Waals surface area contributed by atoms with E-state index < -0.39 is 11.9 Å². The predicted octanol–water partition coefficient (Wildman–Crippen LogP) is 4.57. The number of halogens is 4. The van der Waals surface area contributed by atoms with Gasteiger partial charge in [0.15, 0.2) is 0 Å². The Labute approximate surface area is 159 Å². The van der Waals surface area contributed by atoms with Crippen molar-refractivity contribution in [2.75, 3.05) is 14.1 Å². The molecule has 0 saturated heterocycles. The Morgan fingerprint density at radius 2 is 1.63 bits per heavy atom. The number of carbonyl (C=O) groups excluding carboxylic acids is 1. The fourth-order valence-electron chi connectivity index (χ4n) is 2.12. The van der Waals surface area contributed by atoms with Gasteiger partial charge in [-0.05, 0) is 30.3 Å². The highest BCUT2D eigenvalue weighted by molar-refractivity contribution is 6.33. The Morgan fingerprint density at radius 1 is 1.07 bits per heavy atom. The van der Waals surface area contributed by atoms with E-state index in [1.807, 2.05) is 0 Å². The van der Waals surface area contributed by atoms with Crippen LogP contribution < -0.4 is 5.73 Å². The van der Waals surface area contributed by atoms with Gasteiger partial charge in [0.25, 0.3) is 5.91 Å². The zero-order valence-corrected chi connectivity index (χ0v) is 15.3. The van der Waals surface area contributed by atoms with Crippen molar-refractivity contribution in [2.45, 2.75) is 6.18 Å². The van der Waals surface area contributed by atoms with E-state index >= 15 is 0 Å². The summed E-state index contributed by atoms with van der Waals surface area (Å²) < 4.78 is 38.6. The molecule has 2 aromatic rings. The summed E-state index contributed by atoms with van der Waals surface area (Å²) in [5, 5.41) is 0.286. The molecule has 0 heterocycles. The van der Waals surface area contributed by atoms with Crippen molar-refractivity contribution < 1.29 is 18.0 Å². The number of allylic oxidation sites excluding steroid dienone is 2. The average molecular weight is 396 g/mol. The molecule has 4 nitrogen and oxygen atoms in total. The molecule has 2 N–H and O–H groups in total. The van der Waals surface area contributed by atoms with Crippen molar-refractivity contribution >= 4 is 28.9 Å². The summed E-state index contributed by atoms with van der Waals surface area (Å²) in [4.78, 5) is 17.6. The second kappa shape index (κ2) is 8.26. The van der Waals surface area contributed by atoms with Crippen molar-refractivity contribution in [2.24, 2.45) is 10.7 Å². The van der Waals surface area contributed by atoms with Crippen LogP contribution in [0.15, 0.2) is 65.3 Å². The molecule has 1 amide bonds. The average Bonchev–Trinajstić information content (AvgIpc) is 2.61. The summed E-state index contributed by atoms with van der Waals surface area (Å²) in [5.41, 5.74) is 4.90. The lowest BCUT2D eigenvalue weighted by molar-refractivity contribution is -0.0925. The van der Waals surface area contributed by atoms with Crippen LogP contribution in [0.5, 0.6) is 0 Å². The maximum Gasteiger partial charge on any atom is 0.430 e. The molecule has 0 spiro atoms. The van der Waals surface area contributed by atoms with Gasteiger partial charge in [-0.2, -0.15) is 13.2 Å². The molecule has 0 aliphatic rings. The van der Waals surface area contributed by atoms with Crippen LogP contribution >= 0.6 is 11.6 Å². The smallest absolute Gasteiger partial charge is 0.395 e. The summed E-state index contributed by atoms with van der Waals surface area (Å²) in [6.07, 6.45) is -3.95. The van der Waals surface area contributed by atoms with Gasteiger partial charge in [0.1, 0.15) is 5.70 Å². The van der Waals surface area contributed by atoms with Crippen LogP contribution in [0.3, 0.4) is 0 Å². The minimum atomic E-state index is -4.69. The normalized spacial score (nSPS) is 12.8. The number of alkyl halides is 3. The number of rotatable bonds is 4. The van der Waals surface area contributed by atoms with Crippen LogP contribution in [0.25, 0.3) is 0 Å². The zero-order chi connectivity index (χ0) is 20.2. The van der Waals surface area contributed by atoms with E-state index in [9.17, 15) is 18.0 Å². The highest BCUT2D eigenvalue weighted by Crippen LogP contribution is 2.27. The molecule has 0 unspecified atom stereocenters. The molecule has 142 valence electrons. The van der Waals surface area contributed by atoms with E-state index in [0.717, 1.165) is 6.08 Å². The Bertz CT molecular complexity index is 888. The summed E-state index contributed by atoms with van der Waals surface area (Å²) in [6, 6.07) is 12.5. The number of nitrogens with zero attached hydrogens (tertiary/aromatic N) is 2. The molecule has 27 heavy (non-hydrogen) atoms. The van der Waals surface area contributed by atoms with Crippen LogP contribution in [-0.2, 0) is 0 Å². The van der Waals surface area contributed by atoms with Gasteiger partial charge >= 0.3 is 6.18 Å². The van der Waals surface area contributed by atoms with Crippen molar-refractivity contribution in [1.82, 2.24) is 4.90 Å². The Balaban J connectivity index is 2.53. The summed E-state index contributed by atoms with van der Waals surface area (Å²) >= 11 is 6.05. The molecule has 0 bridgehead atoms. The van der Waals surface area contributed by atoms with Crippen LogP contribution in [0.2, 0.25) is 5.02 Å². The first-order valence-electron chi connectivity index (χ1n) is 7.79. The van der Waals surface area contributed by atoms with Gasteiger partial charge in [-0.15, -0.1) is 0 Å². The van der Waals surface area contributed by atoms with Gasteiger partial charge in [0.2, 0.25) is 0 Å². The van der Waals surface area contributed by atoms with E-state index in [4.69, 9.17) is 17.3 Å². The highest BCUT2D eigenvalue weighted by atomic mass is 35.5. The van der Waals surface area contributed by atoms with Crippen molar-refractivity contribution in [1.29, 1.82) is 0 Å². The topological polar surface area (TPSA) is 58.7 Å². The number of carbonyl (C=O) groups is 1. The van der Waals surface area contributed by atoms with Crippen LogP contribution in [0, 0.1) is 0 Å². The molecule has 0 atom stereocenters. The number of nitrogens with two attached hydrogens (primary N) is 1. The molecule has 0 aliphatic carbocycles. The van der Waals surface area contributed by atoms with Crippen molar-refractivity contribution in [3.05, 3.63) is 76.5 Å². The van der Waals surface area contributed by atoms with E-state index in [-0.39, 0.29) is 16.6 Å². The number of benzene rings is 2. The lowest BCUT2D eigenvalue weighted by Crippen LogP contribution is -2.22. The van der Waals surface area contributed by atoms with Crippen LogP contribution in [-0.4, -0.2) is 36.8 Å². The van der Waals surface area contributed by atoms with Gasteiger partial charge in [0.05, 0.1) is 16.4 Å². The molecule has 2 aromatic carbocycles. The molecule has 0 fully saturated rings. The second-order valence-electron chi connectivity index (χ2n) is 5.82. The van der Waals surface area contributed by atoms with Gasteiger partial charge in [-0.25, -0.2) is 4.99 Å². The molecular weight excluding hydrogens is 379 g/mol. The molecule has 0 aliphatic heterocycles. The predicted molar refractivity (Wildman–Crippen MR) is 100 cm³/mol. The monoisotopic (exact) mass is 395 g/mol. The van der Waals surface area contributed by atoms with E-state index in [2.05, 4.69) is 4.99 Å². The lowest BCUT2D eigenvalue weighted by Gasteiger charge is -2.12. The molecule has 0 aromatic heterocycles. The van der Waals surface area contributed by atoms with E-state index in [1.165, 1.54) is 29.2 Å². The summed E-state index contributed by atoms with van der Waals surface area (Å²) in [5.74, 6) is -0.225. The Hall–Kier alpha value is -2.80. The number of amides is 1. The second-order valence-corrected chi connectivity index (χ2v) is 6.23. The van der Waals surface area contributed by atoms with Crippen LogP contribution in [0.4, 0.5) is 18.9 Å². The van der Waals surface area contributed by atoms with Gasteiger partial charge < -0.3 is 10.6 Å². The first kappa shape index (κ1) is 20.5. The van der Waals surface area contributed by atoms with Crippen LogP contribution in [0.1, 0.15) is 15.9 Å². The molecule has 0 radical (unpaired) electrons. The van der Waals surface area contributed by atoms with Gasteiger partial charge in [-0.1, -0.05) is 35.9 Å². The molecule has 8 heteroatoms. The number of para-hydroxylation sites is 1. The first-order chi connectivity index (χ1) is 12.6. The SMILES string of the molecule is CN(C)C(=O)c1ccc(C(/C=C(\N)C(F)(F)F)=Nc2ccccc2Cl)cc1.